The number of benzene rings is 2. The highest BCUT2D eigenvalue weighted by molar-refractivity contribution is 7.80. The number of para-hydroxylation sites is 1. The van der Waals surface area contributed by atoms with Crippen LogP contribution in [-0.2, 0) is 6.42 Å². The number of hydrogen-bond acceptors (Lipinski definition) is 5. The van der Waals surface area contributed by atoms with Crippen LogP contribution in [0.2, 0.25) is 0 Å². The summed E-state index contributed by atoms with van der Waals surface area (Å²) < 4.78 is 10.6. The van der Waals surface area contributed by atoms with Crippen molar-refractivity contribution >= 4 is 29.2 Å². The van der Waals surface area contributed by atoms with Crippen LogP contribution in [0.25, 0.3) is 0 Å². The normalized spacial score (nSPS) is 10.3. The smallest absolute Gasteiger partial charge is 0.191 e. The molecule has 0 spiro atoms. The molecule has 27 heavy (non-hydrogen) atoms. The molecule has 0 aromatic heterocycles. The second kappa shape index (κ2) is 10.1. The molecule has 0 saturated heterocycles. The van der Waals surface area contributed by atoms with Gasteiger partial charge in [-0.25, -0.2) is 0 Å². The van der Waals surface area contributed by atoms with E-state index in [0.717, 1.165) is 23.2 Å². The molecule has 0 saturated carbocycles. The van der Waals surface area contributed by atoms with Crippen molar-refractivity contribution in [3.8, 4) is 17.6 Å². The van der Waals surface area contributed by atoms with E-state index in [1.165, 1.54) is 5.56 Å². The summed E-state index contributed by atoms with van der Waals surface area (Å²) in [4.78, 5) is 0. The van der Waals surface area contributed by atoms with Crippen LogP contribution >= 0.6 is 12.2 Å². The van der Waals surface area contributed by atoms with Gasteiger partial charge < -0.3 is 14.8 Å². The average Bonchev–Trinajstić information content (AvgIpc) is 2.68. The van der Waals surface area contributed by atoms with Gasteiger partial charge >= 0.3 is 0 Å². The Morgan fingerprint density at radius 3 is 2.81 bits per heavy atom. The van der Waals surface area contributed by atoms with Crippen LogP contribution in [0, 0.1) is 18.3 Å². The van der Waals surface area contributed by atoms with Crippen LogP contribution in [-0.4, -0.2) is 25.0 Å². The van der Waals surface area contributed by atoms with Gasteiger partial charge in [0.25, 0.3) is 0 Å². The molecule has 140 valence electrons. The van der Waals surface area contributed by atoms with E-state index in [0.29, 0.717) is 16.6 Å². The number of anilines is 1. The van der Waals surface area contributed by atoms with Crippen LogP contribution in [0.4, 0.5) is 5.69 Å². The Balaban J connectivity index is 2.01. The summed E-state index contributed by atoms with van der Waals surface area (Å²) in [7, 11) is 1.54. The lowest BCUT2D eigenvalue weighted by Gasteiger charge is -2.14. The summed E-state index contributed by atoms with van der Waals surface area (Å²) in [6.07, 6.45) is 2.54. The summed E-state index contributed by atoms with van der Waals surface area (Å²) in [6.45, 7) is 4.10. The molecule has 7 heteroatoms. The second-order valence-corrected chi connectivity index (χ2v) is 6.05. The quantitative estimate of drug-likeness (QED) is 0.431. The number of aryl methyl sites for hydroxylation is 2. The first kappa shape index (κ1) is 20.2. The van der Waals surface area contributed by atoms with Crippen molar-refractivity contribution in [2.45, 2.75) is 20.3 Å². The van der Waals surface area contributed by atoms with Crippen LogP contribution < -0.4 is 20.2 Å². The lowest BCUT2D eigenvalue weighted by atomic mass is 10.1. The highest BCUT2D eigenvalue weighted by Gasteiger charge is 2.06. The minimum Gasteiger partial charge on any atom is -0.493 e. The monoisotopic (exact) mass is 382 g/mol. The fourth-order valence-electron chi connectivity index (χ4n) is 2.50. The molecule has 0 amide bonds. The number of thiocarbonyl (C=S) groups is 1. The predicted octanol–water partition coefficient (Wildman–Crippen LogP) is 3.79. The van der Waals surface area contributed by atoms with Crippen LogP contribution in [0.5, 0.6) is 11.5 Å². The zero-order chi connectivity index (χ0) is 19.6. The molecular weight excluding hydrogens is 360 g/mol. The standard InChI is InChI=1S/C20H22N4O2S/c1-4-16-7-5-6-14(2)19(16)23-20(27)24-22-13-15-8-9-17(26-11-10-21)18(12-15)25-3/h5-9,12-13H,4,11H2,1-3H3,(H2,23,24,27)/b22-13-. The third-order valence-electron chi connectivity index (χ3n) is 3.84. The van der Waals surface area contributed by atoms with Crippen molar-refractivity contribution in [2.24, 2.45) is 5.10 Å². The number of ether oxygens (including phenoxy) is 2. The van der Waals surface area contributed by atoms with Crippen molar-refractivity contribution < 1.29 is 9.47 Å². The Hall–Kier alpha value is -3.11. The molecular formula is C20H22N4O2S. The molecule has 0 aliphatic heterocycles. The van der Waals surface area contributed by atoms with Gasteiger partial charge in [0.05, 0.1) is 13.3 Å². The molecule has 0 aliphatic rings. The SMILES string of the molecule is CCc1cccc(C)c1NC(=S)N/N=C\c1ccc(OCC#N)c(OC)c1. The number of hydrazone groups is 1. The first-order chi connectivity index (χ1) is 13.1. The highest BCUT2D eigenvalue weighted by atomic mass is 32.1. The molecule has 0 bridgehead atoms. The maximum absolute atomic E-state index is 8.61. The lowest BCUT2D eigenvalue weighted by molar-refractivity contribution is 0.329. The fourth-order valence-corrected chi connectivity index (χ4v) is 2.66. The van der Waals surface area contributed by atoms with Gasteiger partial charge in [-0.05, 0) is 60.5 Å². The Morgan fingerprint density at radius 2 is 2.11 bits per heavy atom. The first-order valence-electron chi connectivity index (χ1n) is 8.45. The van der Waals surface area contributed by atoms with Gasteiger partial charge in [-0.1, -0.05) is 25.1 Å². The van der Waals surface area contributed by atoms with E-state index < -0.39 is 0 Å². The van der Waals surface area contributed by atoms with Crippen molar-refractivity contribution in [1.82, 2.24) is 5.43 Å². The van der Waals surface area contributed by atoms with Gasteiger partial charge in [0.1, 0.15) is 6.07 Å². The molecule has 0 unspecified atom stereocenters. The van der Waals surface area contributed by atoms with E-state index >= 15 is 0 Å². The molecule has 0 heterocycles. The Kier molecular flexibility index (Phi) is 7.59. The summed E-state index contributed by atoms with van der Waals surface area (Å²) in [6, 6.07) is 13.4. The summed E-state index contributed by atoms with van der Waals surface area (Å²) in [5.74, 6) is 1.04. The number of hydrogen-bond donors (Lipinski definition) is 2. The van der Waals surface area contributed by atoms with Crippen molar-refractivity contribution in [2.75, 3.05) is 19.0 Å². The van der Waals surface area contributed by atoms with E-state index in [2.05, 4.69) is 28.8 Å². The van der Waals surface area contributed by atoms with Crippen molar-refractivity contribution in [1.29, 1.82) is 5.26 Å². The van der Waals surface area contributed by atoms with Gasteiger partial charge in [-0.3, -0.25) is 5.43 Å². The number of nitrogens with zero attached hydrogens (tertiary/aromatic N) is 2. The van der Waals surface area contributed by atoms with E-state index in [1.54, 1.807) is 25.5 Å². The average molecular weight is 382 g/mol. The van der Waals surface area contributed by atoms with E-state index in [1.807, 2.05) is 31.2 Å². The van der Waals surface area contributed by atoms with Crippen LogP contribution in [0.3, 0.4) is 0 Å². The highest BCUT2D eigenvalue weighted by Crippen LogP contribution is 2.27. The molecule has 0 atom stereocenters. The summed E-state index contributed by atoms with van der Waals surface area (Å²) >= 11 is 5.32. The zero-order valence-corrected chi connectivity index (χ0v) is 16.4. The first-order valence-corrected chi connectivity index (χ1v) is 8.86. The third-order valence-corrected chi connectivity index (χ3v) is 4.03. The number of nitriles is 1. The minimum atomic E-state index is -0.0378. The fraction of sp³-hybridized carbons (Fsp3) is 0.250. The summed E-state index contributed by atoms with van der Waals surface area (Å²) in [5.41, 5.74) is 6.95. The lowest BCUT2D eigenvalue weighted by Crippen LogP contribution is -2.25. The molecule has 0 fully saturated rings. The van der Waals surface area contributed by atoms with E-state index in [9.17, 15) is 0 Å². The summed E-state index contributed by atoms with van der Waals surface area (Å²) in [5, 5.41) is 16.4. The van der Waals surface area contributed by atoms with E-state index in [-0.39, 0.29) is 6.61 Å². The van der Waals surface area contributed by atoms with Gasteiger partial charge in [-0.15, -0.1) is 0 Å². The largest absolute Gasteiger partial charge is 0.493 e. The number of rotatable bonds is 7. The van der Waals surface area contributed by atoms with E-state index in [4.69, 9.17) is 27.0 Å². The number of methoxy groups -OCH3 is 1. The van der Waals surface area contributed by atoms with Crippen molar-refractivity contribution in [3.05, 3.63) is 53.1 Å². The molecule has 0 radical (unpaired) electrons. The Bertz CT molecular complexity index is 875. The van der Waals surface area contributed by atoms with Crippen molar-refractivity contribution in [3.63, 3.8) is 0 Å². The second-order valence-electron chi connectivity index (χ2n) is 5.64. The zero-order valence-electron chi connectivity index (χ0n) is 15.6. The third kappa shape index (κ3) is 5.69. The predicted molar refractivity (Wildman–Crippen MR) is 112 cm³/mol. The molecule has 2 aromatic rings. The van der Waals surface area contributed by atoms with Gasteiger partial charge in [0.15, 0.2) is 23.2 Å². The van der Waals surface area contributed by atoms with Gasteiger partial charge in [0.2, 0.25) is 0 Å². The Morgan fingerprint density at radius 1 is 1.30 bits per heavy atom. The molecule has 0 aliphatic carbocycles. The maximum atomic E-state index is 8.61. The van der Waals surface area contributed by atoms with Crippen LogP contribution in [0.1, 0.15) is 23.6 Å². The topological polar surface area (TPSA) is 78.7 Å². The van der Waals surface area contributed by atoms with Gasteiger partial charge in [0, 0.05) is 5.69 Å². The van der Waals surface area contributed by atoms with Crippen LogP contribution in [0.15, 0.2) is 41.5 Å². The van der Waals surface area contributed by atoms with Gasteiger partial charge in [-0.2, -0.15) is 10.4 Å². The molecule has 2 rings (SSSR count). The molecule has 2 N–H and O–H groups in total. The Labute approximate surface area is 164 Å². The number of nitrogens with one attached hydrogen (secondary N) is 2. The molecule has 2 aromatic carbocycles. The minimum absolute atomic E-state index is 0.0378. The maximum Gasteiger partial charge on any atom is 0.191 e. The molecule has 6 nitrogen and oxygen atoms in total.